The molecule has 0 fully saturated rings. The highest BCUT2D eigenvalue weighted by Gasteiger charge is 2.01. The minimum Gasteiger partial charge on any atom is -0.497 e. The van der Waals surface area contributed by atoms with E-state index in [2.05, 4.69) is 54.6 Å². The van der Waals surface area contributed by atoms with Crippen molar-refractivity contribution < 1.29 is 4.74 Å². The van der Waals surface area contributed by atoms with Crippen LogP contribution in [0.2, 0.25) is 0 Å². The SMILES string of the molecule is COc1cc(/C=C/c2ccccc2)c2ccccc2c1. The average Bonchev–Trinajstić information content (AvgIpc) is 2.53. The first-order chi connectivity index (χ1) is 9.86. The lowest BCUT2D eigenvalue weighted by molar-refractivity contribution is 0.415. The monoisotopic (exact) mass is 260 g/mol. The van der Waals surface area contributed by atoms with E-state index in [9.17, 15) is 0 Å². The Morgan fingerprint density at radius 1 is 0.800 bits per heavy atom. The molecule has 3 rings (SSSR count). The Bertz CT molecular complexity index is 742. The van der Waals surface area contributed by atoms with E-state index in [-0.39, 0.29) is 0 Å². The van der Waals surface area contributed by atoms with Crippen LogP contribution in [-0.2, 0) is 0 Å². The van der Waals surface area contributed by atoms with E-state index in [0.29, 0.717) is 0 Å². The van der Waals surface area contributed by atoms with Gasteiger partial charge < -0.3 is 4.74 Å². The number of hydrogen-bond acceptors (Lipinski definition) is 1. The molecule has 0 heterocycles. The van der Waals surface area contributed by atoms with Crippen LogP contribution in [0.15, 0.2) is 66.7 Å². The first kappa shape index (κ1) is 12.5. The van der Waals surface area contributed by atoms with Gasteiger partial charge in [0.1, 0.15) is 5.75 Å². The minimum atomic E-state index is 0.886. The van der Waals surface area contributed by atoms with Crippen molar-refractivity contribution in [2.24, 2.45) is 0 Å². The maximum atomic E-state index is 5.38. The average molecular weight is 260 g/mol. The highest BCUT2D eigenvalue weighted by atomic mass is 16.5. The molecular weight excluding hydrogens is 244 g/mol. The van der Waals surface area contributed by atoms with Crippen LogP contribution < -0.4 is 4.74 Å². The molecule has 20 heavy (non-hydrogen) atoms. The van der Waals surface area contributed by atoms with E-state index in [4.69, 9.17) is 4.74 Å². The molecule has 3 aromatic rings. The van der Waals surface area contributed by atoms with E-state index >= 15 is 0 Å². The molecule has 0 spiro atoms. The molecule has 1 nitrogen and oxygen atoms in total. The summed E-state index contributed by atoms with van der Waals surface area (Å²) in [6, 6.07) is 22.8. The van der Waals surface area contributed by atoms with Gasteiger partial charge in [-0.25, -0.2) is 0 Å². The minimum absolute atomic E-state index is 0.886. The van der Waals surface area contributed by atoms with Crippen LogP contribution in [0.4, 0.5) is 0 Å². The standard InChI is InChI=1S/C19H16O/c1-20-18-13-16-9-5-6-10-19(16)17(14-18)12-11-15-7-3-2-4-8-15/h2-14H,1H3/b12-11+. The number of hydrogen-bond donors (Lipinski definition) is 0. The Hall–Kier alpha value is -2.54. The maximum absolute atomic E-state index is 5.38. The fraction of sp³-hybridized carbons (Fsp3) is 0.0526. The molecule has 0 amide bonds. The molecule has 1 heteroatoms. The molecule has 98 valence electrons. The van der Waals surface area contributed by atoms with Gasteiger partial charge in [-0.15, -0.1) is 0 Å². The summed E-state index contributed by atoms with van der Waals surface area (Å²) in [6.45, 7) is 0. The van der Waals surface area contributed by atoms with Crippen molar-refractivity contribution in [2.75, 3.05) is 7.11 Å². The summed E-state index contributed by atoms with van der Waals surface area (Å²) in [5.41, 5.74) is 2.36. The Morgan fingerprint density at radius 3 is 2.35 bits per heavy atom. The first-order valence-corrected chi connectivity index (χ1v) is 6.67. The van der Waals surface area contributed by atoms with Crippen molar-refractivity contribution in [1.29, 1.82) is 0 Å². The second kappa shape index (κ2) is 5.62. The number of benzene rings is 3. The topological polar surface area (TPSA) is 9.23 Å². The van der Waals surface area contributed by atoms with Gasteiger partial charge in [0, 0.05) is 0 Å². The fourth-order valence-electron chi connectivity index (χ4n) is 2.32. The van der Waals surface area contributed by atoms with Crippen molar-refractivity contribution in [3.8, 4) is 5.75 Å². The maximum Gasteiger partial charge on any atom is 0.120 e. The molecule has 0 aromatic heterocycles. The Morgan fingerprint density at radius 2 is 1.55 bits per heavy atom. The lowest BCUT2D eigenvalue weighted by atomic mass is 10.0. The van der Waals surface area contributed by atoms with Crippen LogP contribution in [0.1, 0.15) is 11.1 Å². The largest absolute Gasteiger partial charge is 0.497 e. The Labute approximate surface area is 119 Å². The molecule has 0 aliphatic heterocycles. The van der Waals surface area contributed by atoms with Crippen molar-refractivity contribution in [1.82, 2.24) is 0 Å². The molecule has 0 saturated heterocycles. The van der Waals surface area contributed by atoms with E-state index in [1.165, 1.54) is 21.9 Å². The molecule has 0 radical (unpaired) electrons. The van der Waals surface area contributed by atoms with E-state index in [1.54, 1.807) is 7.11 Å². The molecule has 0 aliphatic rings. The zero-order valence-corrected chi connectivity index (χ0v) is 11.4. The molecule has 0 unspecified atom stereocenters. The van der Waals surface area contributed by atoms with Gasteiger partial charge in [-0.05, 0) is 34.0 Å². The highest BCUT2D eigenvalue weighted by Crippen LogP contribution is 2.26. The first-order valence-electron chi connectivity index (χ1n) is 6.67. The zero-order valence-electron chi connectivity index (χ0n) is 11.4. The van der Waals surface area contributed by atoms with Crippen molar-refractivity contribution in [3.63, 3.8) is 0 Å². The van der Waals surface area contributed by atoms with E-state index < -0.39 is 0 Å². The number of methoxy groups -OCH3 is 1. The van der Waals surface area contributed by atoms with Crippen molar-refractivity contribution in [2.45, 2.75) is 0 Å². The second-order valence-electron chi connectivity index (χ2n) is 4.68. The van der Waals surface area contributed by atoms with Gasteiger partial charge in [0.25, 0.3) is 0 Å². The third kappa shape index (κ3) is 2.57. The van der Waals surface area contributed by atoms with Crippen LogP contribution in [-0.4, -0.2) is 7.11 Å². The summed E-state index contributed by atoms with van der Waals surface area (Å²) < 4.78 is 5.38. The van der Waals surface area contributed by atoms with Crippen LogP contribution >= 0.6 is 0 Å². The quantitative estimate of drug-likeness (QED) is 0.601. The lowest BCUT2D eigenvalue weighted by Crippen LogP contribution is -1.85. The molecular formula is C19H16O. The molecule has 0 aliphatic carbocycles. The normalized spacial score (nSPS) is 11.1. The zero-order chi connectivity index (χ0) is 13.8. The molecule has 0 saturated carbocycles. The molecule has 3 aromatic carbocycles. The van der Waals surface area contributed by atoms with E-state index in [0.717, 1.165) is 5.75 Å². The van der Waals surface area contributed by atoms with Gasteiger partial charge in [-0.2, -0.15) is 0 Å². The smallest absolute Gasteiger partial charge is 0.120 e. The third-order valence-electron chi connectivity index (χ3n) is 3.36. The van der Waals surface area contributed by atoms with Crippen LogP contribution in [0, 0.1) is 0 Å². The van der Waals surface area contributed by atoms with Crippen molar-refractivity contribution >= 4 is 22.9 Å². The van der Waals surface area contributed by atoms with Crippen molar-refractivity contribution in [3.05, 3.63) is 77.9 Å². The predicted octanol–water partition coefficient (Wildman–Crippen LogP) is 5.02. The number of ether oxygens (including phenoxy) is 1. The predicted molar refractivity (Wildman–Crippen MR) is 85.9 cm³/mol. The Kier molecular flexibility index (Phi) is 3.51. The third-order valence-corrected chi connectivity index (χ3v) is 3.36. The van der Waals surface area contributed by atoms with Gasteiger partial charge >= 0.3 is 0 Å². The highest BCUT2D eigenvalue weighted by molar-refractivity contribution is 5.94. The van der Waals surface area contributed by atoms with Crippen LogP contribution in [0.25, 0.3) is 22.9 Å². The summed E-state index contributed by atoms with van der Waals surface area (Å²) in [5, 5.41) is 2.43. The molecule has 0 atom stereocenters. The molecule has 0 N–H and O–H groups in total. The van der Waals surface area contributed by atoms with Gasteiger partial charge in [-0.1, -0.05) is 66.7 Å². The van der Waals surface area contributed by atoms with Gasteiger partial charge in [0.15, 0.2) is 0 Å². The fourth-order valence-corrected chi connectivity index (χ4v) is 2.32. The van der Waals surface area contributed by atoms with Gasteiger partial charge in [-0.3, -0.25) is 0 Å². The Balaban J connectivity index is 2.08. The van der Waals surface area contributed by atoms with Gasteiger partial charge in [0.05, 0.1) is 7.11 Å². The van der Waals surface area contributed by atoms with Gasteiger partial charge in [0.2, 0.25) is 0 Å². The number of rotatable bonds is 3. The number of fused-ring (bicyclic) bond motifs is 1. The summed E-state index contributed by atoms with van der Waals surface area (Å²) in [4.78, 5) is 0. The summed E-state index contributed by atoms with van der Waals surface area (Å²) in [7, 11) is 1.70. The lowest BCUT2D eigenvalue weighted by Gasteiger charge is -2.06. The summed E-state index contributed by atoms with van der Waals surface area (Å²) >= 11 is 0. The van der Waals surface area contributed by atoms with Crippen LogP contribution in [0.5, 0.6) is 5.75 Å². The summed E-state index contributed by atoms with van der Waals surface area (Å²) in [6.07, 6.45) is 4.27. The molecule has 0 bridgehead atoms. The second-order valence-corrected chi connectivity index (χ2v) is 4.68. The van der Waals surface area contributed by atoms with E-state index in [1.807, 2.05) is 24.3 Å². The summed E-state index contributed by atoms with van der Waals surface area (Å²) in [5.74, 6) is 0.886. The van der Waals surface area contributed by atoms with Crippen LogP contribution in [0.3, 0.4) is 0 Å².